The quantitative estimate of drug-likeness (QED) is 0.589. The Morgan fingerprint density at radius 1 is 1.19 bits per heavy atom. The first kappa shape index (κ1) is 19.0. The molecule has 1 amide bonds. The summed E-state index contributed by atoms with van der Waals surface area (Å²) in [4.78, 5) is 12.5. The van der Waals surface area contributed by atoms with Crippen molar-refractivity contribution >= 4 is 52.2 Å². The van der Waals surface area contributed by atoms with Crippen LogP contribution in [0.3, 0.4) is 0 Å². The highest BCUT2D eigenvalue weighted by Crippen LogP contribution is 2.26. The molecule has 136 valence electrons. The third-order valence-corrected chi connectivity index (χ3v) is 5.42. The largest absolute Gasteiger partial charge is 0.325 e. The molecule has 0 atom stereocenters. The van der Waals surface area contributed by atoms with Gasteiger partial charge in [0.2, 0.25) is 5.91 Å². The normalized spacial score (nSPS) is 11.1. The number of para-hydroxylation sites is 1. The number of hydrogen-bond donors (Lipinski definition) is 1. The van der Waals surface area contributed by atoms with Crippen molar-refractivity contribution in [1.82, 2.24) is 14.6 Å². The van der Waals surface area contributed by atoms with Gasteiger partial charge in [-0.2, -0.15) is 0 Å². The number of pyridine rings is 1. The lowest BCUT2D eigenvalue weighted by Gasteiger charge is -2.14. The van der Waals surface area contributed by atoms with Crippen molar-refractivity contribution in [3.05, 3.63) is 51.6 Å². The molecule has 8 heteroatoms. The number of carbonyl (C=O) groups excluding carboxylic acids is 1. The van der Waals surface area contributed by atoms with Crippen molar-refractivity contribution in [2.45, 2.75) is 31.8 Å². The van der Waals surface area contributed by atoms with E-state index >= 15 is 0 Å². The summed E-state index contributed by atoms with van der Waals surface area (Å²) >= 11 is 13.4. The lowest BCUT2D eigenvalue weighted by molar-refractivity contribution is -0.113. The number of amides is 1. The van der Waals surface area contributed by atoms with Crippen LogP contribution in [0.25, 0.3) is 5.65 Å². The van der Waals surface area contributed by atoms with E-state index in [1.54, 1.807) is 16.7 Å². The zero-order valence-corrected chi connectivity index (χ0v) is 16.8. The average Bonchev–Trinajstić information content (AvgIpc) is 3.03. The summed E-state index contributed by atoms with van der Waals surface area (Å²) in [5.41, 5.74) is 3.70. The summed E-state index contributed by atoms with van der Waals surface area (Å²) in [6.07, 6.45) is 3.41. The number of benzene rings is 1. The number of aromatic nitrogens is 3. The second kappa shape index (κ2) is 8.29. The van der Waals surface area contributed by atoms with Crippen molar-refractivity contribution < 1.29 is 4.79 Å². The van der Waals surface area contributed by atoms with Crippen LogP contribution < -0.4 is 5.32 Å². The molecular weight excluding hydrogens is 391 g/mol. The summed E-state index contributed by atoms with van der Waals surface area (Å²) < 4.78 is 1.69. The van der Waals surface area contributed by atoms with Gasteiger partial charge in [0.05, 0.1) is 15.8 Å². The van der Waals surface area contributed by atoms with E-state index in [9.17, 15) is 4.79 Å². The number of halogens is 2. The van der Waals surface area contributed by atoms with Crippen LogP contribution in [-0.2, 0) is 17.6 Å². The number of nitrogens with one attached hydrogen (secondary N) is 1. The minimum absolute atomic E-state index is 0.0875. The minimum Gasteiger partial charge on any atom is -0.325 e. The topological polar surface area (TPSA) is 59.3 Å². The van der Waals surface area contributed by atoms with Crippen molar-refractivity contribution in [2.24, 2.45) is 0 Å². The summed E-state index contributed by atoms with van der Waals surface area (Å²) in [6, 6.07) is 7.72. The molecule has 0 aliphatic carbocycles. The van der Waals surface area contributed by atoms with E-state index in [-0.39, 0.29) is 11.7 Å². The molecule has 0 aliphatic heterocycles. The lowest BCUT2D eigenvalue weighted by atomic mass is 10.0. The molecule has 0 bridgehead atoms. The SMILES string of the molecule is CCc1cccc(CC)c1NC(=O)CSc1nnc2c(Cl)cc(Cl)cn12. The molecule has 0 saturated carbocycles. The number of aryl methyl sites for hydroxylation is 2. The minimum atomic E-state index is -0.0875. The van der Waals surface area contributed by atoms with Crippen LogP contribution in [0.15, 0.2) is 35.6 Å². The molecule has 0 radical (unpaired) electrons. The average molecular weight is 409 g/mol. The first-order valence-electron chi connectivity index (χ1n) is 8.26. The standard InChI is InChI=1S/C18H18Cl2N4OS/c1-3-11-6-5-7-12(4-2)16(11)21-15(25)10-26-18-23-22-17-14(20)8-13(19)9-24(17)18/h5-9H,3-4,10H2,1-2H3,(H,21,25). The predicted molar refractivity (Wildman–Crippen MR) is 108 cm³/mol. The zero-order valence-electron chi connectivity index (χ0n) is 14.4. The summed E-state index contributed by atoms with van der Waals surface area (Å²) in [6.45, 7) is 4.16. The Balaban J connectivity index is 1.75. The molecule has 26 heavy (non-hydrogen) atoms. The maximum atomic E-state index is 12.5. The van der Waals surface area contributed by atoms with E-state index in [0.717, 1.165) is 29.7 Å². The number of nitrogens with zero attached hydrogens (tertiary/aromatic N) is 3. The van der Waals surface area contributed by atoms with E-state index in [2.05, 4.69) is 29.4 Å². The molecule has 3 aromatic rings. The molecule has 1 N–H and O–H groups in total. The Bertz CT molecular complexity index is 936. The molecule has 0 unspecified atom stereocenters. The molecule has 2 heterocycles. The lowest BCUT2D eigenvalue weighted by Crippen LogP contribution is -2.17. The van der Waals surface area contributed by atoms with Crippen LogP contribution in [0.4, 0.5) is 5.69 Å². The van der Waals surface area contributed by atoms with E-state index in [0.29, 0.717) is 20.8 Å². The maximum absolute atomic E-state index is 12.5. The summed E-state index contributed by atoms with van der Waals surface area (Å²) in [7, 11) is 0. The molecule has 5 nitrogen and oxygen atoms in total. The van der Waals surface area contributed by atoms with Crippen LogP contribution in [0.2, 0.25) is 10.0 Å². The fourth-order valence-electron chi connectivity index (χ4n) is 2.71. The Morgan fingerprint density at radius 2 is 1.88 bits per heavy atom. The van der Waals surface area contributed by atoms with Crippen LogP contribution in [0.1, 0.15) is 25.0 Å². The fraction of sp³-hybridized carbons (Fsp3) is 0.278. The van der Waals surface area contributed by atoms with E-state index in [1.807, 2.05) is 18.2 Å². The number of rotatable bonds is 6. The second-order valence-electron chi connectivity index (χ2n) is 5.68. The smallest absolute Gasteiger partial charge is 0.234 e. The molecule has 2 aromatic heterocycles. The van der Waals surface area contributed by atoms with Gasteiger partial charge in [-0.05, 0) is 30.0 Å². The fourth-order valence-corrected chi connectivity index (χ4v) is 3.93. The first-order chi connectivity index (χ1) is 12.5. The molecule has 0 fully saturated rings. The zero-order chi connectivity index (χ0) is 18.7. The van der Waals surface area contributed by atoms with Gasteiger partial charge in [-0.15, -0.1) is 10.2 Å². The number of thioether (sulfide) groups is 1. The van der Waals surface area contributed by atoms with Crippen molar-refractivity contribution in [1.29, 1.82) is 0 Å². The monoisotopic (exact) mass is 408 g/mol. The van der Waals surface area contributed by atoms with Gasteiger partial charge in [0.15, 0.2) is 10.8 Å². The van der Waals surface area contributed by atoms with Crippen LogP contribution in [0.5, 0.6) is 0 Å². The van der Waals surface area contributed by atoms with Crippen molar-refractivity contribution in [3.8, 4) is 0 Å². The molecule has 1 aromatic carbocycles. The Morgan fingerprint density at radius 3 is 2.54 bits per heavy atom. The third kappa shape index (κ3) is 3.98. The highest BCUT2D eigenvalue weighted by atomic mass is 35.5. The van der Waals surface area contributed by atoms with Crippen LogP contribution >= 0.6 is 35.0 Å². The van der Waals surface area contributed by atoms with Gasteiger partial charge in [0.25, 0.3) is 0 Å². The Kier molecular flexibility index (Phi) is 6.06. The van der Waals surface area contributed by atoms with Gasteiger partial charge in [0.1, 0.15) is 0 Å². The van der Waals surface area contributed by atoms with Gasteiger partial charge in [-0.1, -0.05) is 67.0 Å². The second-order valence-corrected chi connectivity index (χ2v) is 7.46. The van der Waals surface area contributed by atoms with E-state index in [1.165, 1.54) is 11.8 Å². The van der Waals surface area contributed by atoms with Crippen molar-refractivity contribution in [3.63, 3.8) is 0 Å². The molecular formula is C18H18Cl2N4OS. The number of hydrogen-bond acceptors (Lipinski definition) is 4. The Hall–Kier alpha value is -1.76. The first-order valence-corrected chi connectivity index (χ1v) is 10.0. The Labute approximate surface area is 166 Å². The van der Waals surface area contributed by atoms with Gasteiger partial charge < -0.3 is 5.32 Å². The van der Waals surface area contributed by atoms with Crippen LogP contribution in [0, 0.1) is 0 Å². The number of carbonyl (C=O) groups is 1. The highest BCUT2D eigenvalue weighted by Gasteiger charge is 2.14. The summed E-state index contributed by atoms with van der Waals surface area (Å²) in [5.74, 6) is 0.127. The van der Waals surface area contributed by atoms with Gasteiger partial charge in [-0.3, -0.25) is 9.20 Å². The molecule has 0 spiro atoms. The third-order valence-electron chi connectivity index (χ3n) is 3.99. The molecule has 0 aliphatic rings. The molecule has 3 rings (SSSR count). The van der Waals surface area contributed by atoms with Crippen LogP contribution in [-0.4, -0.2) is 26.3 Å². The van der Waals surface area contributed by atoms with Crippen molar-refractivity contribution in [2.75, 3.05) is 11.1 Å². The highest BCUT2D eigenvalue weighted by molar-refractivity contribution is 7.99. The number of anilines is 1. The number of fused-ring (bicyclic) bond motifs is 1. The predicted octanol–water partition coefficient (Wildman–Crippen LogP) is 4.89. The molecule has 0 saturated heterocycles. The van der Waals surface area contributed by atoms with Gasteiger partial charge in [-0.25, -0.2) is 0 Å². The van der Waals surface area contributed by atoms with E-state index in [4.69, 9.17) is 23.2 Å². The van der Waals surface area contributed by atoms with E-state index < -0.39 is 0 Å². The summed E-state index contributed by atoms with van der Waals surface area (Å²) in [5, 5.41) is 12.7. The van der Waals surface area contributed by atoms with Gasteiger partial charge in [0, 0.05) is 11.9 Å². The maximum Gasteiger partial charge on any atom is 0.234 e. The van der Waals surface area contributed by atoms with Gasteiger partial charge >= 0.3 is 0 Å².